The highest BCUT2D eigenvalue weighted by atomic mass is 15.1. The largest absolute Gasteiger partial charge is 0.398 e. The number of anilines is 2. The second kappa shape index (κ2) is 4.44. The van der Waals surface area contributed by atoms with Crippen LogP contribution in [0.1, 0.15) is 31.2 Å². The minimum absolute atomic E-state index is 0.559. The number of nitrogen functional groups attached to an aromatic ring is 1. The fourth-order valence-corrected chi connectivity index (χ4v) is 2.37. The number of benzene rings is 1. The van der Waals surface area contributed by atoms with Crippen molar-refractivity contribution in [2.24, 2.45) is 0 Å². The fraction of sp³-hybridized carbons (Fsp3) is 0.462. The third-order valence-electron chi connectivity index (χ3n) is 3.44. The molecule has 1 saturated carbocycles. The summed E-state index contributed by atoms with van der Waals surface area (Å²) in [5.41, 5.74) is 8.07. The van der Waals surface area contributed by atoms with Gasteiger partial charge in [0.2, 0.25) is 0 Å². The number of hydrogen-bond acceptors (Lipinski definition) is 3. The maximum Gasteiger partial charge on any atom is 0.101 e. The molecule has 0 spiro atoms. The Morgan fingerprint density at radius 2 is 2.06 bits per heavy atom. The summed E-state index contributed by atoms with van der Waals surface area (Å²) < 4.78 is 0. The average Bonchev–Trinajstić information content (AvgIpc) is 2.81. The van der Waals surface area contributed by atoms with Crippen LogP contribution in [0.4, 0.5) is 11.4 Å². The van der Waals surface area contributed by atoms with Crippen LogP contribution in [-0.2, 0) is 0 Å². The second-order valence-corrected chi connectivity index (χ2v) is 4.43. The van der Waals surface area contributed by atoms with Gasteiger partial charge in [-0.3, -0.25) is 0 Å². The van der Waals surface area contributed by atoms with Gasteiger partial charge in [0.25, 0.3) is 0 Å². The Morgan fingerprint density at radius 3 is 2.62 bits per heavy atom. The van der Waals surface area contributed by atoms with Gasteiger partial charge in [0.05, 0.1) is 11.3 Å². The summed E-state index contributed by atoms with van der Waals surface area (Å²) in [5, 5.41) is 8.82. The molecule has 1 aromatic rings. The number of nitriles is 1. The van der Waals surface area contributed by atoms with Crippen molar-refractivity contribution >= 4 is 11.4 Å². The van der Waals surface area contributed by atoms with Crippen molar-refractivity contribution in [3.8, 4) is 6.07 Å². The molecule has 0 bridgehead atoms. The van der Waals surface area contributed by atoms with E-state index >= 15 is 0 Å². The standard InChI is InChI=1S/C13H17N3/c1-16(11-4-2-3-5-11)12-7-6-10(9-14)13(15)8-12/h6-8,11H,2-5,15H2,1H3. The lowest BCUT2D eigenvalue weighted by Gasteiger charge is -2.26. The summed E-state index contributed by atoms with van der Waals surface area (Å²) in [7, 11) is 2.11. The van der Waals surface area contributed by atoms with Crippen LogP contribution in [0, 0.1) is 11.3 Å². The van der Waals surface area contributed by atoms with Gasteiger partial charge in [0.15, 0.2) is 0 Å². The van der Waals surface area contributed by atoms with Crippen molar-refractivity contribution in [2.75, 3.05) is 17.7 Å². The Bertz CT molecular complexity index is 414. The summed E-state index contributed by atoms with van der Waals surface area (Å²) >= 11 is 0. The minimum atomic E-state index is 0.559. The number of hydrogen-bond donors (Lipinski definition) is 1. The molecule has 1 aromatic carbocycles. The summed E-state index contributed by atoms with van der Waals surface area (Å²) in [6.07, 6.45) is 5.16. The lowest BCUT2D eigenvalue weighted by Crippen LogP contribution is -2.28. The van der Waals surface area contributed by atoms with Gasteiger partial charge in [-0.1, -0.05) is 12.8 Å². The zero-order chi connectivity index (χ0) is 11.5. The zero-order valence-electron chi connectivity index (χ0n) is 9.61. The summed E-state index contributed by atoms with van der Waals surface area (Å²) in [4.78, 5) is 2.28. The van der Waals surface area contributed by atoms with Crippen molar-refractivity contribution in [1.29, 1.82) is 5.26 Å². The molecule has 2 N–H and O–H groups in total. The highest BCUT2D eigenvalue weighted by Gasteiger charge is 2.20. The maximum absolute atomic E-state index is 8.82. The molecule has 0 atom stereocenters. The van der Waals surface area contributed by atoms with Crippen LogP contribution in [0.3, 0.4) is 0 Å². The molecule has 3 heteroatoms. The Hall–Kier alpha value is -1.69. The van der Waals surface area contributed by atoms with E-state index < -0.39 is 0 Å². The first kappa shape index (κ1) is 10.8. The van der Waals surface area contributed by atoms with E-state index in [4.69, 9.17) is 11.0 Å². The number of nitrogens with two attached hydrogens (primary N) is 1. The molecule has 2 rings (SSSR count). The van der Waals surface area contributed by atoms with Crippen LogP contribution in [0.25, 0.3) is 0 Å². The first-order valence-electron chi connectivity index (χ1n) is 5.75. The van der Waals surface area contributed by atoms with E-state index in [-0.39, 0.29) is 0 Å². The normalized spacial score (nSPS) is 16.0. The van der Waals surface area contributed by atoms with Crippen molar-refractivity contribution in [3.05, 3.63) is 23.8 Å². The van der Waals surface area contributed by atoms with E-state index in [0.717, 1.165) is 5.69 Å². The average molecular weight is 215 g/mol. The smallest absolute Gasteiger partial charge is 0.101 e. The Labute approximate surface area is 96.5 Å². The van der Waals surface area contributed by atoms with E-state index in [1.54, 1.807) is 6.07 Å². The first-order chi connectivity index (χ1) is 7.72. The molecule has 3 nitrogen and oxygen atoms in total. The monoisotopic (exact) mass is 215 g/mol. The molecular weight excluding hydrogens is 198 g/mol. The topological polar surface area (TPSA) is 53.0 Å². The second-order valence-electron chi connectivity index (χ2n) is 4.43. The predicted octanol–water partition coefficient (Wildman–Crippen LogP) is 2.52. The molecule has 16 heavy (non-hydrogen) atoms. The number of nitrogens with zero attached hydrogens (tertiary/aromatic N) is 2. The van der Waals surface area contributed by atoms with Crippen molar-refractivity contribution < 1.29 is 0 Å². The van der Waals surface area contributed by atoms with Gasteiger partial charge in [-0.15, -0.1) is 0 Å². The van der Waals surface area contributed by atoms with E-state index in [0.29, 0.717) is 17.3 Å². The number of rotatable bonds is 2. The van der Waals surface area contributed by atoms with Gasteiger partial charge in [0.1, 0.15) is 6.07 Å². The Morgan fingerprint density at radius 1 is 1.38 bits per heavy atom. The molecule has 1 fully saturated rings. The van der Waals surface area contributed by atoms with Crippen molar-refractivity contribution in [2.45, 2.75) is 31.7 Å². The van der Waals surface area contributed by atoms with E-state index in [1.807, 2.05) is 12.1 Å². The van der Waals surface area contributed by atoms with E-state index in [1.165, 1.54) is 25.7 Å². The predicted molar refractivity (Wildman–Crippen MR) is 66.2 cm³/mol. The SMILES string of the molecule is CN(c1ccc(C#N)c(N)c1)C1CCCC1. The lowest BCUT2D eigenvalue weighted by atomic mass is 10.1. The van der Waals surface area contributed by atoms with Crippen molar-refractivity contribution in [1.82, 2.24) is 0 Å². The van der Waals surface area contributed by atoms with Gasteiger partial charge in [-0.2, -0.15) is 5.26 Å². The minimum Gasteiger partial charge on any atom is -0.398 e. The van der Waals surface area contributed by atoms with Gasteiger partial charge in [-0.05, 0) is 31.0 Å². The van der Waals surface area contributed by atoms with Crippen molar-refractivity contribution in [3.63, 3.8) is 0 Å². The van der Waals surface area contributed by atoms with Crippen LogP contribution < -0.4 is 10.6 Å². The van der Waals surface area contributed by atoms with E-state index in [9.17, 15) is 0 Å². The maximum atomic E-state index is 8.82. The molecule has 0 aliphatic heterocycles. The highest BCUT2D eigenvalue weighted by molar-refractivity contribution is 5.63. The molecule has 0 unspecified atom stereocenters. The zero-order valence-corrected chi connectivity index (χ0v) is 9.61. The molecule has 0 radical (unpaired) electrons. The molecular formula is C13H17N3. The summed E-state index contributed by atoms with van der Waals surface area (Å²) in [5.74, 6) is 0. The fourth-order valence-electron chi connectivity index (χ4n) is 2.37. The molecule has 1 aliphatic carbocycles. The molecule has 1 aliphatic rings. The third-order valence-corrected chi connectivity index (χ3v) is 3.44. The van der Waals surface area contributed by atoms with Crippen LogP contribution in [0.15, 0.2) is 18.2 Å². The third kappa shape index (κ3) is 1.96. The van der Waals surface area contributed by atoms with Gasteiger partial charge >= 0.3 is 0 Å². The first-order valence-corrected chi connectivity index (χ1v) is 5.75. The highest BCUT2D eigenvalue weighted by Crippen LogP contribution is 2.28. The van der Waals surface area contributed by atoms with Crippen LogP contribution in [0.5, 0.6) is 0 Å². The quantitative estimate of drug-likeness (QED) is 0.771. The van der Waals surface area contributed by atoms with Gasteiger partial charge in [0, 0.05) is 18.8 Å². The molecule has 0 saturated heterocycles. The van der Waals surface area contributed by atoms with E-state index in [2.05, 4.69) is 18.0 Å². The van der Waals surface area contributed by atoms with Crippen LogP contribution in [-0.4, -0.2) is 13.1 Å². The van der Waals surface area contributed by atoms with Crippen LogP contribution in [0.2, 0.25) is 0 Å². The molecule has 0 aromatic heterocycles. The lowest BCUT2D eigenvalue weighted by molar-refractivity contribution is 0.653. The Kier molecular flexibility index (Phi) is 3.00. The van der Waals surface area contributed by atoms with Gasteiger partial charge in [-0.25, -0.2) is 0 Å². The molecule has 0 heterocycles. The van der Waals surface area contributed by atoms with Crippen LogP contribution >= 0.6 is 0 Å². The van der Waals surface area contributed by atoms with Gasteiger partial charge < -0.3 is 10.6 Å². The Balaban J connectivity index is 2.20. The molecule has 0 amide bonds. The summed E-state index contributed by atoms with van der Waals surface area (Å²) in [6, 6.07) is 8.40. The summed E-state index contributed by atoms with van der Waals surface area (Å²) in [6.45, 7) is 0. The molecule has 84 valence electrons.